The summed E-state index contributed by atoms with van der Waals surface area (Å²) in [6, 6.07) is 11.7. The number of anilines is 1. The van der Waals surface area contributed by atoms with Crippen LogP contribution in [-0.2, 0) is 21.4 Å². The molecule has 0 heterocycles. The summed E-state index contributed by atoms with van der Waals surface area (Å²) in [6.45, 7) is 3.84. The number of nitrogens with one attached hydrogen (secondary N) is 1. The van der Waals surface area contributed by atoms with Crippen LogP contribution in [0.15, 0.2) is 42.5 Å². The molecule has 0 aliphatic rings. The highest BCUT2D eigenvalue weighted by Crippen LogP contribution is 2.23. The molecule has 0 bridgehead atoms. The molecule has 2 rings (SSSR count). The third-order valence-corrected chi connectivity index (χ3v) is 5.18. The molecule has 0 aliphatic carbocycles. The first-order valence-electron chi connectivity index (χ1n) is 8.23. The van der Waals surface area contributed by atoms with Crippen molar-refractivity contribution in [2.75, 3.05) is 17.1 Å². The van der Waals surface area contributed by atoms with Crippen LogP contribution in [0.2, 0.25) is 0 Å². The smallest absolute Gasteiger partial charge is 0.232 e. The van der Waals surface area contributed by atoms with Crippen molar-refractivity contribution in [1.29, 1.82) is 0 Å². The first-order chi connectivity index (χ1) is 12.2. The van der Waals surface area contributed by atoms with E-state index in [0.29, 0.717) is 11.3 Å². The molecule has 1 N–H and O–H groups in total. The van der Waals surface area contributed by atoms with Crippen molar-refractivity contribution in [3.05, 3.63) is 65.0 Å². The van der Waals surface area contributed by atoms with E-state index < -0.39 is 10.0 Å². The van der Waals surface area contributed by atoms with Crippen LogP contribution in [0.4, 0.5) is 10.1 Å². The van der Waals surface area contributed by atoms with Gasteiger partial charge < -0.3 is 5.32 Å². The molecule has 0 fully saturated rings. The fourth-order valence-corrected chi connectivity index (χ4v) is 3.66. The minimum Gasteiger partial charge on any atom is -0.352 e. The van der Waals surface area contributed by atoms with Gasteiger partial charge in [0.05, 0.1) is 11.9 Å². The Balaban J connectivity index is 2.03. The Bertz CT molecular complexity index is 897. The number of carbonyl (C=O) groups is 1. The lowest BCUT2D eigenvalue weighted by Crippen LogP contribution is -2.35. The number of halogens is 1. The van der Waals surface area contributed by atoms with Gasteiger partial charge in [0.1, 0.15) is 5.82 Å². The standard InChI is InChI=1S/C19H23FN2O3S/c1-14-8-9-18(15(2)12-14)22(26(3,24)25)11-10-19(23)21-13-16-6-4-5-7-17(16)20/h4-9,12H,10-11,13H2,1-3H3,(H,21,23). The van der Waals surface area contributed by atoms with Crippen LogP contribution in [0.25, 0.3) is 0 Å². The summed E-state index contributed by atoms with van der Waals surface area (Å²) in [5, 5.41) is 2.62. The summed E-state index contributed by atoms with van der Waals surface area (Å²) in [5.74, 6) is -0.729. The molecule has 0 radical (unpaired) electrons. The van der Waals surface area contributed by atoms with Gasteiger partial charge in [0.2, 0.25) is 15.9 Å². The topological polar surface area (TPSA) is 66.5 Å². The molecule has 0 saturated heterocycles. The van der Waals surface area contributed by atoms with Crippen LogP contribution >= 0.6 is 0 Å². The molecule has 0 spiro atoms. The zero-order chi connectivity index (χ0) is 19.3. The highest BCUT2D eigenvalue weighted by Gasteiger charge is 2.20. The fraction of sp³-hybridized carbons (Fsp3) is 0.316. The summed E-state index contributed by atoms with van der Waals surface area (Å²) in [5.41, 5.74) is 2.79. The molecule has 2 aromatic carbocycles. The van der Waals surface area contributed by atoms with Gasteiger partial charge in [0.15, 0.2) is 0 Å². The molecule has 7 heteroatoms. The maximum absolute atomic E-state index is 13.6. The molecule has 5 nitrogen and oxygen atoms in total. The molecule has 0 aromatic heterocycles. The molecule has 0 atom stereocenters. The molecular weight excluding hydrogens is 355 g/mol. The van der Waals surface area contributed by atoms with Gasteiger partial charge in [-0.15, -0.1) is 0 Å². The fourth-order valence-electron chi connectivity index (χ4n) is 2.68. The largest absolute Gasteiger partial charge is 0.352 e. The number of nitrogens with zero attached hydrogens (tertiary/aromatic N) is 1. The van der Waals surface area contributed by atoms with Crippen molar-refractivity contribution >= 4 is 21.6 Å². The van der Waals surface area contributed by atoms with Gasteiger partial charge in [-0.1, -0.05) is 35.9 Å². The molecule has 0 aliphatic heterocycles. The molecule has 0 saturated carbocycles. The van der Waals surface area contributed by atoms with Crippen molar-refractivity contribution in [1.82, 2.24) is 5.32 Å². The van der Waals surface area contributed by atoms with Gasteiger partial charge in [-0.25, -0.2) is 12.8 Å². The third-order valence-electron chi connectivity index (χ3n) is 4.00. The summed E-state index contributed by atoms with van der Waals surface area (Å²) in [4.78, 5) is 12.1. The zero-order valence-corrected chi connectivity index (χ0v) is 15.9. The molecule has 26 heavy (non-hydrogen) atoms. The number of rotatable bonds is 7. The Labute approximate surface area is 153 Å². The SMILES string of the molecule is Cc1ccc(N(CCC(=O)NCc2ccccc2F)S(C)(=O)=O)c(C)c1. The Morgan fingerprint density at radius 1 is 1.15 bits per heavy atom. The van der Waals surface area contributed by atoms with Crippen LogP contribution in [0.3, 0.4) is 0 Å². The maximum Gasteiger partial charge on any atom is 0.232 e. The minimum absolute atomic E-state index is 0.0190. The van der Waals surface area contributed by atoms with Crippen LogP contribution in [0.5, 0.6) is 0 Å². The monoisotopic (exact) mass is 378 g/mol. The van der Waals surface area contributed by atoms with Gasteiger partial charge in [-0.3, -0.25) is 9.10 Å². The van der Waals surface area contributed by atoms with Crippen molar-refractivity contribution < 1.29 is 17.6 Å². The molecule has 1 amide bonds. The van der Waals surface area contributed by atoms with E-state index in [9.17, 15) is 17.6 Å². The third kappa shape index (κ3) is 5.29. The highest BCUT2D eigenvalue weighted by molar-refractivity contribution is 7.92. The molecule has 140 valence electrons. The van der Waals surface area contributed by atoms with Crippen LogP contribution in [0, 0.1) is 19.7 Å². The normalized spacial score (nSPS) is 11.2. The van der Waals surface area contributed by atoms with Crippen molar-refractivity contribution in [3.8, 4) is 0 Å². The first-order valence-corrected chi connectivity index (χ1v) is 10.1. The van der Waals surface area contributed by atoms with E-state index in [-0.39, 0.29) is 31.2 Å². The van der Waals surface area contributed by atoms with Gasteiger partial charge >= 0.3 is 0 Å². The summed E-state index contributed by atoms with van der Waals surface area (Å²) in [7, 11) is -3.53. The molecule has 2 aromatic rings. The van der Waals surface area contributed by atoms with E-state index >= 15 is 0 Å². The van der Waals surface area contributed by atoms with Crippen LogP contribution in [0.1, 0.15) is 23.1 Å². The summed E-state index contributed by atoms with van der Waals surface area (Å²) in [6.07, 6.45) is 1.10. The number of sulfonamides is 1. The van der Waals surface area contributed by atoms with E-state index in [1.807, 2.05) is 26.0 Å². The lowest BCUT2D eigenvalue weighted by molar-refractivity contribution is -0.121. The van der Waals surface area contributed by atoms with Gasteiger partial charge in [0, 0.05) is 25.1 Å². The van der Waals surface area contributed by atoms with E-state index in [1.165, 1.54) is 10.4 Å². The maximum atomic E-state index is 13.6. The van der Waals surface area contributed by atoms with Gasteiger partial charge in [0.25, 0.3) is 0 Å². The lowest BCUT2D eigenvalue weighted by atomic mass is 10.1. The molecular formula is C19H23FN2O3S. The second-order valence-corrected chi connectivity index (χ2v) is 8.15. The number of carbonyl (C=O) groups excluding carboxylic acids is 1. The quantitative estimate of drug-likeness (QED) is 0.806. The number of hydrogen-bond donors (Lipinski definition) is 1. The Morgan fingerprint density at radius 2 is 1.85 bits per heavy atom. The van der Waals surface area contributed by atoms with Crippen LogP contribution in [-0.4, -0.2) is 27.1 Å². The second-order valence-electron chi connectivity index (χ2n) is 6.24. The number of benzene rings is 2. The van der Waals surface area contributed by atoms with Crippen molar-refractivity contribution in [2.24, 2.45) is 0 Å². The first kappa shape index (κ1) is 19.9. The number of amides is 1. The van der Waals surface area contributed by atoms with Crippen molar-refractivity contribution in [2.45, 2.75) is 26.8 Å². The Morgan fingerprint density at radius 3 is 2.46 bits per heavy atom. The van der Waals surface area contributed by atoms with E-state index in [4.69, 9.17) is 0 Å². The average Bonchev–Trinajstić information content (AvgIpc) is 2.55. The zero-order valence-electron chi connectivity index (χ0n) is 15.1. The second kappa shape index (κ2) is 8.31. The van der Waals surface area contributed by atoms with Gasteiger partial charge in [-0.05, 0) is 31.5 Å². The highest BCUT2D eigenvalue weighted by atomic mass is 32.2. The summed E-state index contributed by atoms with van der Waals surface area (Å²) >= 11 is 0. The van der Waals surface area contributed by atoms with E-state index in [1.54, 1.807) is 24.3 Å². The summed E-state index contributed by atoms with van der Waals surface area (Å²) < 4.78 is 39.1. The number of hydrogen-bond acceptors (Lipinski definition) is 3. The number of aryl methyl sites for hydroxylation is 2. The van der Waals surface area contributed by atoms with Crippen molar-refractivity contribution in [3.63, 3.8) is 0 Å². The average molecular weight is 378 g/mol. The lowest BCUT2D eigenvalue weighted by Gasteiger charge is -2.24. The molecule has 0 unspecified atom stereocenters. The van der Waals surface area contributed by atoms with Gasteiger partial charge in [-0.2, -0.15) is 0 Å². The Hall–Kier alpha value is -2.41. The van der Waals surface area contributed by atoms with Crippen LogP contribution < -0.4 is 9.62 Å². The predicted octanol–water partition coefficient (Wildman–Crippen LogP) is 2.92. The predicted molar refractivity (Wildman–Crippen MR) is 101 cm³/mol. The van der Waals surface area contributed by atoms with E-state index in [2.05, 4.69) is 5.32 Å². The van der Waals surface area contributed by atoms with E-state index in [0.717, 1.165) is 17.4 Å². The Kier molecular flexibility index (Phi) is 6.37. The minimum atomic E-state index is -3.53.